The fraction of sp³-hybridized carbons (Fsp3) is 0.458. The highest BCUT2D eigenvalue weighted by atomic mass is 16.5. The quantitative estimate of drug-likeness (QED) is 0.709. The van der Waals surface area contributed by atoms with Crippen LogP contribution in [0.1, 0.15) is 53.9 Å². The lowest BCUT2D eigenvalue weighted by Crippen LogP contribution is -2.22. The second-order valence-electron chi connectivity index (χ2n) is 7.95. The van der Waals surface area contributed by atoms with Crippen molar-refractivity contribution in [3.8, 4) is 5.75 Å². The zero-order valence-corrected chi connectivity index (χ0v) is 16.7. The molecule has 0 bridgehead atoms. The van der Waals surface area contributed by atoms with Crippen LogP contribution < -0.4 is 15.4 Å². The minimum Gasteiger partial charge on any atom is -0.496 e. The number of nitrogens with one attached hydrogen (secondary N) is 2. The van der Waals surface area contributed by atoms with Gasteiger partial charge in [0.25, 0.3) is 0 Å². The van der Waals surface area contributed by atoms with Crippen LogP contribution in [-0.2, 0) is 24.1 Å². The summed E-state index contributed by atoms with van der Waals surface area (Å²) in [4.78, 5) is 11.5. The Kier molecular flexibility index (Phi) is 5.96. The minimum atomic E-state index is 0.129. The Labute approximate surface area is 167 Å². The molecule has 148 valence electrons. The maximum absolute atomic E-state index is 11.5. The number of carbonyl (C=O) groups excluding carboxylic acids is 1. The Hall–Kier alpha value is -2.33. The lowest BCUT2D eigenvalue weighted by molar-refractivity contribution is -0.116. The molecule has 1 atom stereocenters. The van der Waals surface area contributed by atoms with Gasteiger partial charge in [0, 0.05) is 12.1 Å². The minimum absolute atomic E-state index is 0.129. The molecule has 2 aromatic rings. The van der Waals surface area contributed by atoms with Gasteiger partial charge in [0.1, 0.15) is 5.75 Å². The number of methoxy groups -OCH3 is 1. The van der Waals surface area contributed by atoms with E-state index in [0.29, 0.717) is 12.3 Å². The van der Waals surface area contributed by atoms with Gasteiger partial charge < -0.3 is 15.4 Å². The topological polar surface area (TPSA) is 50.4 Å². The highest BCUT2D eigenvalue weighted by Crippen LogP contribution is 2.38. The van der Waals surface area contributed by atoms with E-state index >= 15 is 0 Å². The summed E-state index contributed by atoms with van der Waals surface area (Å²) in [6.45, 7) is 2.03. The fourth-order valence-electron chi connectivity index (χ4n) is 4.63. The van der Waals surface area contributed by atoms with Crippen LogP contribution in [-0.4, -0.2) is 26.1 Å². The molecule has 0 radical (unpaired) electrons. The number of anilines is 1. The molecule has 0 saturated heterocycles. The second kappa shape index (κ2) is 8.78. The van der Waals surface area contributed by atoms with Crippen molar-refractivity contribution < 1.29 is 9.53 Å². The fourth-order valence-corrected chi connectivity index (χ4v) is 4.63. The van der Waals surface area contributed by atoms with Crippen LogP contribution in [0.4, 0.5) is 5.69 Å². The largest absolute Gasteiger partial charge is 0.496 e. The number of fused-ring (bicyclic) bond motifs is 2. The molecule has 2 aromatic carbocycles. The number of hydrogen-bond donors (Lipinski definition) is 2. The predicted molar refractivity (Wildman–Crippen MR) is 113 cm³/mol. The normalized spacial score (nSPS) is 18.2. The number of aryl methyl sites for hydroxylation is 1. The van der Waals surface area contributed by atoms with Gasteiger partial charge in [-0.2, -0.15) is 0 Å². The third-order valence-electron chi connectivity index (χ3n) is 6.13. The van der Waals surface area contributed by atoms with Crippen molar-refractivity contribution in [1.82, 2.24) is 5.32 Å². The van der Waals surface area contributed by atoms with E-state index in [9.17, 15) is 4.79 Å². The SMILES string of the molecule is COc1cccc2c1CCCC2CCNCCc1ccc2c(c1)CCC(=O)N2. The summed E-state index contributed by atoms with van der Waals surface area (Å²) in [6, 6.07) is 12.9. The van der Waals surface area contributed by atoms with Crippen LogP contribution in [0.25, 0.3) is 0 Å². The molecule has 0 saturated carbocycles. The van der Waals surface area contributed by atoms with Crippen molar-refractivity contribution in [2.24, 2.45) is 0 Å². The number of rotatable bonds is 7. The zero-order valence-electron chi connectivity index (χ0n) is 16.7. The molecule has 0 spiro atoms. The van der Waals surface area contributed by atoms with Crippen LogP contribution in [0.5, 0.6) is 5.75 Å². The maximum Gasteiger partial charge on any atom is 0.224 e. The van der Waals surface area contributed by atoms with Crippen LogP contribution in [0, 0.1) is 0 Å². The summed E-state index contributed by atoms with van der Waals surface area (Å²) in [7, 11) is 1.77. The van der Waals surface area contributed by atoms with Crippen LogP contribution in [0.15, 0.2) is 36.4 Å². The van der Waals surface area contributed by atoms with Crippen molar-refractivity contribution in [3.63, 3.8) is 0 Å². The highest BCUT2D eigenvalue weighted by Gasteiger charge is 2.22. The number of carbonyl (C=O) groups is 1. The molecule has 1 aliphatic heterocycles. The molecule has 1 amide bonds. The van der Waals surface area contributed by atoms with Crippen molar-refractivity contribution in [2.75, 3.05) is 25.5 Å². The predicted octanol–water partition coefficient (Wildman–Crippen LogP) is 4.22. The van der Waals surface area contributed by atoms with Gasteiger partial charge in [-0.1, -0.05) is 24.3 Å². The molecular formula is C24H30N2O2. The summed E-state index contributed by atoms with van der Waals surface area (Å²) in [5.41, 5.74) is 6.51. The van der Waals surface area contributed by atoms with Crippen molar-refractivity contribution >= 4 is 11.6 Å². The van der Waals surface area contributed by atoms with E-state index in [1.807, 2.05) is 6.07 Å². The number of ether oxygens (including phenoxy) is 1. The van der Waals surface area contributed by atoms with Gasteiger partial charge in [0.2, 0.25) is 5.91 Å². The second-order valence-corrected chi connectivity index (χ2v) is 7.95. The summed E-state index contributed by atoms with van der Waals surface area (Å²) in [5.74, 6) is 1.82. The van der Waals surface area contributed by atoms with Gasteiger partial charge in [0.15, 0.2) is 0 Å². The Balaban J connectivity index is 1.26. The zero-order chi connectivity index (χ0) is 19.3. The molecule has 0 fully saturated rings. The van der Waals surface area contributed by atoms with Crippen molar-refractivity contribution in [2.45, 2.75) is 50.9 Å². The molecular weight excluding hydrogens is 348 g/mol. The molecule has 4 heteroatoms. The molecule has 1 heterocycles. The third-order valence-corrected chi connectivity index (χ3v) is 6.13. The van der Waals surface area contributed by atoms with E-state index in [0.717, 1.165) is 43.8 Å². The smallest absolute Gasteiger partial charge is 0.224 e. The Morgan fingerprint density at radius 3 is 2.96 bits per heavy atom. The van der Waals surface area contributed by atoms with Crippen LogP contribution in [0.3, 0.4) is 0 Å². The molecule has 2 aliphatic rings. The van der Waals surface area contributed by atoms with E-state index in [-0.39, 0.29) is 5.91 Å². The average Bonchev–Trinajstić information content (AvgIpc) is 2.73. The summed E-state index contributed by atoms with van der Waals surface area (Å²) in [6.07, 6.45) is 7.33. The molecule has 1 unspecified atom stereocenters. The monoisotopic (exact) mass is 378 g/mol. The Morgan fingerprint density at radius 1 is 1.14 bits per heavy atom. The Bertz CT molecular complexity index is 846. The summed E-state index contributed by atoms with van der Waals surface area (Å²) < 4.78 is 5.56. The number of hydrogen-bond acceptors (Lipinski definition) is 3. The first-order chi connectivity index (χ1) is 13.7. The van der Waals surface area contributed by atoms with Gasteiger partial charge in [-0.15, -0.1) is 0 Å². The van der Waals surface area contributed by atoms with Crippen LogP contribution in [0.2, 0.25) is 0 Å². The lowest BCUT2D eigenvalue weighted by atomic mass is 9.80. The number of benzene rings is 2. The molecule has 2 N–H and O–H groups in total. The van der Waals surface area contributed by atoms with Crippen LogP contribution >= 0.6 is 0 Å². The van der Waals surface area contributed by atoms with Crippen molar-refractivity contribution in [3.05, 3.63) is 58.7 Å². The first-order valence-corrected chi connectivity index (χ1v) is 10.5. The Morgan fingerprint density at radius 2 is 2.07 bits per heavy atom. The first-order valence-electron chi connectivity index (χ1n) is 10.5. The van der Waals surface area contributed by atoms with Gasteiger partial charge in [0.05, 0.1) is 7.11 Å². The first kappa shape index (κ1) is 19.0. The van der Waals surface area contributed by atoms with Gasteiger partial charge in [-0.05, 0) is 91.9 Å². The summed E-state index contributed by atoms with van der Waals surface area (Å²) in [5, 5.41) is 6.58. The molecule has 4 nitrogen and oxygen atoms in total. The molecule has 1 aliphatic carbocycles. The lowest BCUT2D eigenvalue weighted by Gasteiger charge is -2.27. The molecule has 0 aromatic heterocycles. The molecule has 28 heavy (non-hydrogen) atoms. The molecule has 4 rings (SSSR count). The van der Waals surface area contributed by atoms with E-state index in [1.54, 1.807) is 7.11 Å². The maximum atomic E-state index is 11.5. The van der Waals surface area contributed by atoms with E-state index in [2.05, 4.69) is 41.0 Å². The highest BCUT2D eigenvalue weighted by molar-refractivity contribution is 5.93. The van der Waals surface area contributed by atoms with Gasteiger partial charge in [-0.3, -0.25) is 4.79 Å². The summed E-state index contributed by atoms with van der Waals surface area (Å²) >= 11 is 0. The van der Waals surface area contributed by atoms with Crippen molar-refractivity contribution in [1.29, 1.82) is 0 Å². The third kappa shape index (κ3) is 4.22. The van der Waals surface area contributed by atoms with E-state index < -0.39 is 0 Å². The van der Waals surface area contributed by atoms with E-state index in [4.69, 9.17) is 4.74 Å². The standard InChI is InChI=1S/C24H30N2O2/c1-28-23-7-3-5-20-18(4-2-6-21(20)23)13-15-25-14-12-17-8-10-22-19(16-17)9-11-24(27)26-22/h3,5,7-8,10,16,18,25H,2,4,6,9,11-15H2,1H3,(H,26,27). The number of amides is 1. The average molecular weight is 379 g/mol. The van der Waals surface area contributed by atoms with E-state index in [1.165, 1.54) is 41.5 Å². The van der Waals surface area contributed by atoms with Gasteiger partial charge in [-0.25, -0.2) is 0 Å². The van der Waals surface area contributed by atoms with Gasteiger partial charge >= 0.3 is 0 Å².